The molecule has 1 nitrogen and oxygen atoms in total. The van der Waals surface area contributed by atoms with Gasteiger partial charge in [-0.3, -0.25) is 0 Å². The van der Waals surface area contributed by atoms with Crippen LogP contribution in [0.4, 0.5) is 0 Å². The van der Waals surface area contributed by atoms with Crippen molar-refractivity contribution in [3.63, 3.8) is 0 Å². The predicted octanol–water partition coefficient (Wildman–Crippen LogP) is 3.05. The van der Waals surface area contributed by atoms with Crippen LogP contribution < -0.4 is 0 Å². The highest BCUT2D eigenvalue weighted by atomic mass is 16.5. The summed E-state index contributed by atoms with van der Waals surface area (Å²) in [5.74, 6) is 0. The summed E-state index contributed by atoms with van der Waals surface area (Å²) in [5, 5.41) is 0. The van der Waals surface area contributed by atoms with E-state index in [1.54, 1.807) is 11.1 Å². The fourth-order valence-electron chi connectivity index (χ4n) is 2.51. The van der Waals surface area contributed by atoms with Crippen LogP contribution in [-0.2, 0) is 4.74 Å². The standard InChI is InChI=1S/C11H18O/c1-8-7-9(2)12-11-6-4-3-5-10(8)11/h9,11H,3-7H2,1-2H3/t9-,11+/m1/s1. The summed E-state index contributed by atoms with van der Waals surface area (Å²) in [4.78, 5) is 0. The van der Waals surface area contributed by atoms with Gasteiger partial charge >= 0.3 is 0 Å². The fraction of sp³-hybridized carbons (Fsp3) is 0.818. The molecule has 1 fully saturated rings. The van der Waals surface area contributed by atoms with E-state index in [9.17, 15) is 0 Å². The molecule has 0 aromatic rings. The van der Waals surface area contributed by atoms with Gasteiger partial charge in [-0.25, -0.2) is 0 Å². The van der Waals surface area contributed by atoms with Gasteiger partial charge in [0.1, 0.15) is 0 Å². The van der Waals surface area contributed by atoms with Gasteiger partial charge in [-0.2, -0.15) is 0 Å². The van der Waals surface area contributed by atoms with Crippen LogP contribution in [0.5, 0.6) is 0 Å². The van der Waals surface area contributed by atoms with Crippen LogP contribution in [0.3, 0.4) is 0 Å². The Kier molecular flexibility index (Phi) is 2.22. The summed E-state index contributed by atoms with van der Waals surface area (Å²) < 4.78 is 5.90. The van der Waals surface area contributed by atoms with Gasteiger partial charge < -0.3 is 4.74 Å². The lowest BCUT2D eigenvalue weighted by molar-refractivity contribution is -0.00629. The molecule has 68 valence electrons. The van der Waals surface area contributed by atoms with Crippen molar-refractivity contribution in [2.45, 2.75) is 58.2 Å². The van der Waals surface area contributed by atoms with Crippen molar-refractivity contribution in [1.82, 2.24) is 0 Å². The third-order valence-electron chi connectivity index (χ3n) is 3.09. The summed E-state index contributed by atoms with van der Waals surface area (Å²) in [6, 6.07) is 0. The van der Waals surface area contributed by atoms with E-state index in [0.29, 0.717) is 12.2 Å². The maximum absolute atomic E-state index is 5.90. The molecule has 0 saturated heterocycles. The highest BCUT2D eigenvalue weighted by Crippen LogP contribution is 2.34. The summed E-state index contributed by atoms with van der Waals surface area (Å²) in [7, 11) is 0. The Morgan fingerprint density at radius 1 is 1.33 bits per heavy atom. The quantitative estimate of drug-likeness (QED) is 0.502. The molecule has 0 spiro atoms. The molecule has 1 aliphatic carbocycles. The molecule has 0 N–H and O–H groups in total. The molecule has 0 aromatic carbocycles. The molecule has 0 aromatic heterocycles. The molecule has 12 heavy (non-hydrogen) atoms. The van der Waals surface area contributed by atoms with Gasteiger partial charge in [0.2, 0.25) is 0 Å². The van der Waals surface area contributed by atoms with Gasteiger partial charge in [0.25, 0.3) is 0 Å². The van der Waals surface area contributed by atoms with E-state index >= 15 is 0 Å². The first-order valence-corrected chi connectivity index (χ1v) is 5.11. The topological polar surface area (TPSA) is 9.23 Å². The van der Waals surface area contributed by atoms with Gasteiger partial charge in [-0.15, -0.1) is 0 Å². The summed E-state index contributed by atoms with van der Waals surface area (Å²) in [6.07, 6.45) is 7.39. The van der Waals surface area contributed by atoms with E-state index < -0.39 is 0 Å². The lowest BCUT2D eigenvalue weighted by atomic mass is 9.85. The van der Waals surface area contributed by atoms with Crippen LogP contribution in [0.25, 0.3) is 0 Å². The summed E-state index contributed by atoms with van der Waals surface area (Å²) in [6.45, 7) is 4.47. The average molecular weight is 166 g/mol. The van der Waals surface area contributed by atoms with Crippen molar-refractivity contribution in [3.05, 3.63) is 11.1 Å². The smallest absolute Gasteiger partial charge is 0.0791 e. The molecule has 2 atom stereocenters. The zero-order valence-corrected chi connectivity index (χ0v) is 8.10. The molecule has 0 unspecified atom stereocenters. The lowest BCUT2D eigenvalue weighted by Crippen LogP contribution is -2.30. The van der Waals surface area contributed by atoms with Crippen LogP contribution >= 0.6 is 0 Å². The van der Waals surface area contributed by atoms with Gasteiger partial charge in [-0.05, 0) is 45.1 Å². The van der Waals surface area contributed by atoms with Crippen molar-refractivity contribution in [2.24, 2.45) is 0 Å². The number of rotatable bonds is 0. The molecule has 1 aliphatic heterocycles. The third-order valence-corrected chi connectivity index (χ3v) is 3.09. The Morgan fingerprint density at radius 2 is 2.17 bits per heavy atom. The minimum absolute atomic E-state index is 0.455. The number of fused-ring (bicyclic) bond motifs is 1. The molecule has 2 rings (SSSR count). The normalized spacial score (nSPS) is 36.5. The minimum Gasteiger partial charge on any atom is -0.371 e. The Hall–Kier alpha value is -0.300. The molecular weight excluding hydrogens is 148 g/mol. The largest absolute Gasteiger partial charge is 0.371 e. The SMILES string of the molecule is CC1=C2CCCC[C@@H]2O[C@H](C)C1. The fourth-order valence-corrected chi connectivity index (χ4v) is 2.51. The molecule has 1 heteroatoms. The van der Waals surface area contributed by atoms with Gasteiger partial charge in [-0.1, -0.05) is 12.0 Å². The van der Waals surface area contributed by atoms with Gasteiger partial charge in [0, 0.05) is 0 Å². The second-order valence-electron chi connectivity index (χ2n) is 4.19. The molecular formula is C11H18O. The van der Waals surface area contributed by atoms with E-state index in [4.69, 9.17) is 4.74 Å². The molecule has 0 radical (unpaired) electrons. The third kappa shape index (κ3) is 1.42. The zero-order chi connectivity index (χ0) is 8.55. The average Bonchev–Trinajstić information content (AvgIpc) is 2.04. The zero-order valence-electron chi connectivity index (χ0n) is 8.10. The maximum atomic E-state index is 5.90. The van der Waals surface area contributed by atoms with E-state index in [1.807, 2.05) is 0 Å². The van der Waals surface area contributed by atoms with E-state index in [-0.39, 0.29) is 0 Å². The minimum atomic E-state index is 0.455. The molecule has 0 amide bonds. The van der Waals surface area contributed by atoms with Crippen LogP contribution in [0.2, 0.25) is 0 Å². The highest BCUT2D eigenvalue weighted by Gasteiger charge is 2.27. The number of hydrogen-bond acceptors (Lipinski definition) is 1. The van der Waals surface area contributed by atoms with Gasteiger partial charge in [0.15, 0.2) is 0 Å². The van der Waals surface area contributed by atoms with Crippen LogP contribution in [-0.4, -0.2) is 12.2 Å². The second kappa shape index (κ2) is 3.21. The van der Waals surface area contributed by atoms with E-state index in [0.717, 1.165) is 6.42 Å². The van der Waals surface area contributed by atoms with E-state index in [2.05, 4.69) is 13.8 Å². The Balaban J connectivity index is 2.19. The first-order valence-electron chi connectivity index (χ1n) is 5.11. The van der Waals surface area contributed by atoms with Crippen molar-refractivity contribution in [1.29, 1.82) is 0 Å². The van der Waals surface area contributed by atoms with Crippen molar-refractivity contribution >= 4 is 0 Å². The summed E-state index contributed by atoms with van der Waals surface area (Å²) >= 11 is 0. The van der Waals surface area contributed by atoms with Crippen LogP contribution in [0.1, 0.15) is 46.0 Å². The van der Waals surface area contributed by atoms with Gasteiger partial charge in [0.05, 0.1) is 12.2 Å². The van der Waals surface area contributed by atoms with Crippen LogP contribution in [0.15, 0.2) is 11.1 Å². The predicted molar refractivity (Wildman–Crippen MR) is 50.1 cm³/mol. The Bertz CT molecular complexity index is 205. The number of hydrogen-bond donors (Lipinski definition) is 0. The first kappa shape index (κ1) is 8.31. The highest BCUT2D eigenvalue weighted by molar-refractivity contribution is 5.21. The lowest BCUT2D eigenvalue weighted by Gasteiger charge is -2.35. The molecule has 2 aliphatic rings. The Morgan fingerprint density at radius 3 is 3.00 bits per heavy atom. The first-order chi connectivity index (χ1) is 5.77. The molecule has 0 bridgehead atoms. The van der Waals surface area contributed by atoms with E-state index in [1.165, 1.54) is 25.7 Å². The molecule has 1 heterocycles. The Labute approximate surface area is 74.8 Å². The monoisotopic (exact) mass is 166 g/mol. The summed E-state index contributed by atoms with van der Waals surface area (Å²) in [5.41, 5.74) is 3.23. The molecule has 1 saturated carbocycles. The second-order valence-corrected chi connectivity index (χ2v) is 4.19. The number of ether oxygens (including phenoxy) is 1. The van der Waals surface area contributed by atoms with Crippen molar-refractivity contribution in [2.75, 3.05) is 0 Å². The maximum Gasteiger partial charge on any atom is 0.0791 e. The van der Waals surface area contributed by atoms with Crippen molar-refractivity contribution in [3.8, 4) is 0 Å². The van der Waals surface area contributed by atoms with Crippen molar-refractivity contribution < 1.29 is 4.74 Å². The van der Waals surface area contributed by atoms with Crippen LogP contribution in [0, 0.1) is 0 Å².